The zero-order chi connectivity index (χ0) is 13.5. The van der Waals surface area contributed by atoms with E-state index in [4.69, 9.17) is 0 Å². The van der Waals surface area contributed by atoms with Gasteiger partial charge in [0, 0.05) is 19.5 Å². The average molecular weight is 291 g/mol. The minimum Gasteiger partial charge on any atom is -0.343 e. The quantitative estimate of drug-likeness (QED) is 0.816. The molecule has 0 saturated carbocycles. The molecule has 1 aliphatic heterocycles. The summed E-state index contributed by atoms with van der Waals surface area (Å²) in [6.07, 6.45) is 3.04. The molecule has 114 valence electrons. The second kappa shape index (κ2) is 9.60. The summed E-state index contributed by atoms with van der Waals surface area (Å²) >= 11 is 0. The first kappa shape index (κ1) is 18.7. The third-order valence-electron chi connectivity index (χ3n) is 4.28. The average Bonchev–Trinajstić information content (AvgIpc) is 2.36. The largest absolute Gasteiger partial charge is 0.343 e. The first-order chi connectivity index (χ1) is 8.54. The first-order valence-electron chi connectivity index (χ1n) is 7.53. The molecule has 1 saturated heterocycles. The topological polar surface area (TPSA) is 32.3 Å². The highest BCUT2D eigenvalue weighted by Gasteiger charge is 2.23. The van der Waals surface area contributed by atoms with Crippen molar-refractivity contribution in [3.8, 4) is 0 Å². The lowest BCUT2D eigenvalue weighted by Gasteiger charge is -2.33. The molecule has 0 aromatic heterocycles. The van der Waals surface area contributed by atoms with Gasteiger partial charge in [0.25, 0.3) is 0 Å². The maximum Gasteiger partial charge on any atom is 0.222 e. The van der Waals surface area contributed by atoms with E-state index in [0.29, 0.717) is 17.7 Å². The third-order valence-corrected chi connectivity index (χ3v) is 4.28. The molecule has 1 amide bonds. The highest BCUT2D eigenvalue weighted by atomic mass is 35.5. The van der Waals surface area contributed by atoms with Crippen LogP contribution in [0.3, 0.4) is 0 Å². The van der Waals surface area contributed by atoms with Crippen LogP contribution < -0.4 is 5.32 Å². The van der Waals surface area contributed by atoms with Crippen molar-refractivity contribution in [2.24, 2.45) is 17.8 Å². The summed E-state index contributed by atoms with van der Waals surface area (Å²) in [6.45, 7) is 12.8. The Morgan fingerprint density at radius 1 is 1.26 bits per heavy atom. The van der Waals surface area contributed by atoms with Gasteiger partial charge in [-0.2, -0.15) is 0 Å². The Morgan fingerprint density at radius 2 is 1.84 bits per heavy atom. The van der Waals surface area contributed by atoms with Crippen molar-refractivity contribution in [1.82, 2.24) is 10.2 Å². The van der Waals surface area contributed by atoms with Crippen LogP contribution in [0.25, 0.3) is 0 Å². The predicted octanol–water partition coefficient (Wildman–Crippen LogP) is 2.94. The van der Waals surface area contributed by atoms with E-state index >= 15 is 0 Å². The molecule has 19 heavy (non-hydrogen) atoms. The predicted molar refractivity (Wildman–Crippen MR) is 83.7 cm³/mol. The van der Waals surface area contributed by atoms with Crippen molar-refractivity contribution in [2.45, 2.75) is 47.0 Å². The molecule has 0 radical (unpaired) electrons. The Labute approximate surface area is 124 Å². The maximum atomic E-state index is 12.1. The molecular weight excluding hydrogens is 260 g/mol. The van der Waals surface area contributed by atoms with Gasteiger partial charge in [-0.05, 0) is 43.7 Å². The minimum atomic E-state index is 0. The van der Waals surface area contributed by atoms with Crippen molar-refractivity contribution in [3.63, 3.8) is 0 Å². The highest BCUT2D eigenvalue weighted by molar-refractivity contribution is 5.85. The second-order valence-corrected chi connectivity index (χ2v) is 6.06. The van der Waals surface area contributed by atoms with Gasteiger partial charge in [-0.25, -0.2) is 0 Å². The van der Waals surface area contributed by atoms with Gasteiger partial charge in [-0.15, -0.1) is 12.4 Å². The lowest BCUT2D eigenvalue weighted by molar-refractivity contribution is -0.133. The van der Waals surface area contributed by atoms with Gasteiger partial charge in [-0.1, -0.05) is 27.7 Å². The lowest BCUT2D eigenvalue weighted by atomic mass is 9.92. The Hall–Kier alpha value is -0.280. The zero-order valence-electron chi connectivity index (χ0n) is 12.9. The molecule has 1 rings (SSSR count). The molecule has 0 spiro atoms. The SMILES string of the molecule is CCNCC1CCN(C(=O)CC(C)C(C)C)CC1.Cl. The van der Waals surface area contributed by atoms with Crippen LogP contribution in [0.2, 0.25) is 0 Å². The van der Waals surface area contributed by atoms with Crippen LogP contribution in [0.4, 0.5) is 0 Å². The Balaban J connectivity index is 0.00000324. The van der Waals surface area contributed by atoms with Gasteiger partial charge in [0.15, 0.2) is 0 Å². The molecule has 1 atom stereocenters. The smallest absolute Gasteiger partial charge is 0.222 e. The van der Waals surface area contributed by atoms with E-state index in [-0.39, 0.29) is 12.4 Å². The Kier molecular flexibility index (Phi) is 9.46. The van der Waals surface area contributed by atoms with E-state index in [1.807, 2.05) is 0 Å². The summed E-state index contributed by atoms with van der Waals surface area (Å²) in [4.78, 5) is 14.2. The number of nitrogens with one attached hydrogen (secondary N) is 1. The number of carbonyl (C=O) groups is 1. The number of amides is 1. The van der Waals surface area contributed by atoms with E-state index in [1.165, 1.54) is 0 Å². The molecular formula is C15H31ClN2O. The van der Waals surface area contributed by atoms with Crippen LogP contribution in [0, 0.1) is 17.8 Å². The van der Waals surface area contributed by atoms with Gasteiger partial charge in [0.2, 0.25) is 5.91 Å². The van der Waals surface area contributed by atoms with Crippen LogP contribution in [0.1, 0.15) is 47.0 Å². The van der Waals surface area contributed by atoms with Crippen LogP contribution >= 0.6 is 12.4 Å². The van der Waals surface area contributed by atoms with E-state index < -0.39 is 0 Å². The number of piperidine rings is 1. The van der Waals surface area contributed by atoms with Crippen LogP contribution in [-0.4, -0.2) is 37.0 Å². The summed E-state index contributed by atoms with van der Waals surface area (Å²) in [5.41, 5.74) is 0. The number of likely N-dealkylation sites (tertiary alicyclic amines) is 1. The number of halogens is 1. The fourth-order valence-electron chi connectivity index (χ4n) is 2.38. The van der Waals surface area contributed by atoms with Crippen molar-refractivity contribution < 1.29 is 4.79 Å². The highest BCUT2D eigenvalue weighted by Crippen LogP contribution is 2.20. The number of hydrogen-bond acceptors (Lipinski definition) is 2. The van der Waals surface area contributed by atoms with Crippen LogP contribution in [0.5, 0.6) is 0 Å². The van der Waals surface area contributed by atoms with Crippen molar-refractivity contribution in [3.05, 3.63) is 0 Å². The summed E-state index contributed by atoms with van der Waals surface area (Å²) in [7, 11) is 0. The van der Waals surface area contributed by atoms with Gasteiger partial charge in [-0.3, -0.25) is 4.79 Å². The molecule has 1 N–H and O–H groups in total. The van der Waals surface area contributed by atoms with Gasteiger partial charge in [0.1, 0.15) is 0 Å². The van der Waals surface area contributed by atoms with Gasteiger partial charge >= 0.3 is 0 Å². The standard InChI is InChI=1S/C15H30N2O.ClH/c1-5-16-11-14-6-8-17(9-7-14)15(18)10-13(4)12(2)3;/h12-14,16H,5-11H2,1-4H3;1H. The zero-order valence-corrected chi connectivity index (χ0v) is 13.8. The molecule has 3 nitrogen and oxygen atoms in total. The van der Waals surface area contributed by atoms with Crippen LogP contribution in [0.15, 0.2) is 0 Å². The number of rotatable bonds is 6. The number of hydrogen-bond donors (Lipinski definition) is 1. The molecule has 1 fully saturated rings. The van der Waals surface area contributed by atoms with E-state index in [9.17, 15) is 4.79 Å². The number of nitrogens with zero attached hydrogens (tertiary/aromatic N) is 1. The molecule has 1 unspecified atom stereocenters. The summed E-state index contributed by atoms with van der Waals surface area (Å²) in [5.74, 6) is 2.21. The lowest BCUT2D eigenvalue weighted by Crippen LogP contribution is -2.41. The molecule has 1 aliphatic rings. The molecule has 0 bridgehead atoms. The third kappa shape index (κ3) is 6.62. The first-order valence-corrected chi connectivity index (χ1v) is 7.53. The van der Waals surface area contributed by atoms with Crippen molar-refractivity contribution >= 4 is 18.3 Å². The van der Waals surface area contributed by atoms with Gasteiger partial charge in [0.05, 0.1) is 0 Å². The Bertz CT molecular complexity index is 251. The van der Waals surface area contributed by atoms with Gasteiger partial charge < -0.3 is 10.2 Å². The summed E-state index contributed by atoms with van der Waals surface area (Å²) in [6, 6.07) is 0. The van der Waals surface area contributed by atoms with E-state index in [0.717, 1.165) is 51.4 Å². The Morgan fingerprint density at radius 3 is 2.32 bits per heavy atom. The minimum absolute atomic E-state index is 0. The molecule has 0 aromatic carbocycles. The van der Waals surface area contributed by atoms with Crippen molar-refractivity contribution in [1.29, 1.82) is 0 Å². The fourth-order valence-corrected chi connectivity index (χ4v) is 2.38. The summed E-state index contributed by atoms with van der Waals surface area (Å²) < 4.78 is 0. The molecule has 1 heterocycles. The summed E-state index contributed by atoms with van der Waals surface area (Å²) in [5, 5.41) is 3.41. The van der Waals surface area contributed by atoms with Crippen molar-refractivity contribution in [2.75, 3.05) is 26.2 Å². The van der Waals surface area contributed by atoms with E-state index in [2.05, 4.69) is 37.9 Å². The van der Waals surface area contributed by atoms with Crippen LogP contribution in [-0.2, 0) is 4.79 Å². The molecule has 4 heteroatoms. The maximum absolute atomic E-state index is 12.1. The monoisotopic (exact) mass is 290 g/mol. The fraction of sp³-hybridized carbons (Fsp3) is 0.933. The molecule has 0 aliphatic carbocycles. The number of carbonyl (C=O) groups excluding carboxylic acids is 1. The normalized spacial score (nSPS) is 18.3. The second-order valence-electron chi connectivity index (χ2n) is 6.06. The molecule has 0 aromatic rings. The van der Waals surface area contributed by atoms with E-state index in [1.54, 1.807) is 0 Å².